The monoisotopic (exact) mass is 341 g/mol. The molecule has 9 heteroatoms. The average Bonchev–Trinajstić information content (AvgIpc) is 2.59. The fourth-order valence-corrected chi connectivity index (χ4v) is 2.02. The van der Waals surface area contributed by atoms with Crippen LogP contribution in [-0.2, 0) is 20.8 Å². The van der Waals surface area contributed by atoms with Crippen LogP contribution in [0.1, 0.15) is 5.56 Å². The Morgan fingerprint density at radius 3 is 1.75 bits per heavy atom. The van der Waals surface area contributed by atoms with Crippen LogP contribution in [0, 0.1) is 0 Å². The molecule has 0 bridgehead atoms. The first kappa shape index (κ1) is 19.7. The smallest absolute Gasteiger partial charge is 0.327 e. The van der Waals surface area contributed by atoms with Gasteiger partial charge in [-0.1, -0.05) is 30.3 Å². The van der Waals surface area contributed by atoms with Crippen molar-refractivity contribution in [2.45, 2.75) is 24.7 Å². The molecule has 0 aliphatic carbocycles. The lowest BCUT2D eigenvalue weighted by molar-refractivity contribution is -0.167. The Balaban J connectivity index is 3.22. The fraction of sp³-hybridized carbons (Fsp3) is 0.400. The molecule has 1 aromatic rings. The predicted octanol–water partition coefficient (Wildman–Crippen LogP) is -2.26. The van der Waals surface area contributed by atoms with Crippen LogP contribution >= 0.6 is 0 Å². The van der Waals surface area contributed by atoms with E-state index in [4.69, 9.17) is 10.2 Å². The third kappa shape index (κ3) is 4.83. The molecule has 0 radical (unpaired) electrons. The summed E-state index contributed by atoms with van der Waals surface area (Å²) < 4.78 is 0. The summed E-state index contributed by atoms with van der Waals surface area (Å²) in [5, 5.41) is 46.1. The summed E-state index contributed by atoms with van der Waals surface area (Å²) in [6, 6.07) is 6.39. The molecule has 0 aliphatic rings. The Morgan fingerprint density at radius 2 is 1.38 bits per heavy atom. The molecular weight excluding hydrogens is 322 g/mol. The van der Waals surface area contributed by atoms with E-state index >= 15 is 0 Å². The van der Waals surface area contributed by atoms with Gasteiger partial charge in [-0.2, -0.15) is 0 Å². The predicted molar refractivity (Wildman–Crippen MR) is 79.6 cm³/mol. The number of rotatable bonds is 8. The van der Waals surface area contributed by atoms with E-state index in [0.717, 1.165) is 0 Å². The van der Waals surface area contributed by atoms with Crippen LogP contribution in [-0.4, -0.2) is 79.7 Å². The van der Waals surface area contributed by atoms with Crippen molar-refractivity contribution in [2.75, 3.05) is 13.2 Å². The number of aliphatic carboxylic acids is 1. The Morgan fingerprint density at radius 1 is 0.917 bits per heavy atom. The molecule has 0 fully saturated rings. The van der Waals surface area contributed by atoms with Crippen LogP contribution in [0.4, 0.5) is 0 Å². The quantitative estimate of drug-likeness (QED) is 0.355. The Kier molecular flexibility index (Phi) is 7.46. The summed E-state index contributed by atoms with van der Waals surface area (Å²) in [5.41, 5.74) is 0.493. The first-order chi connectivity index (χ1) is 11.3. The molecule has 0 aromatic heterocycles. The molecule has 3 atom stereocenters. The number of hydrogen-bond acceptors (Lipinski definition) is 7. The summed E-state index contributed by atoms with van der Waals surface area (Å²) in [7, 11) is 0. The number of aliphatic hydroxyl groups excluding tert-OH is 4. The number of imide groups is 1. The second-order valence-electron chi connectivity index (χ2n) is 4.99. The number of amides is 2. The van der Waals surface area contributed by atoms with E-state index < -0.39 is 49.2 Å². The zero-order chi connectivity index (χ0) is 18.3. The van der Waals surface area contributed by atoms with Crippen LogP contribution in [0.3, 0.4) is 0 Å². The van der Waals surface area contributed by atoms with Crippen LogP contribution in [0.5, 0.6) is 0 Å². The maximum absolute atomic E-state index is 12.1. The van der Waals surface area contributed by atoms with Crippen molar-refractivity contribution in [2.24, 2.45) is 0 Å². The van der Waals surface area contributed by atoms with Crippen LogP contribution in [0.15, 0.2) is 30.3 Å². The van der Waals surface area contributed by atoms with Crippen molar-refractivity contribution in [3.63, 3.8) is 0 Å². The topological polar surface area (TPSA) is 156 Å². The molecule has 1 rings (SSSR count). The van der Waals surface area contributed by atoms with Crippen molar-refractivity contribution in [3.8, 4) is 0 Å². The van der Waals surface area contributed by atoms with E-state index in [1.165, 1.54) is 0 Å². The van der Waals surface area contributed by atoms with Gasteiger partial charge in [-0.25, -0.2) is 4.79 Å². The number of carbonyl (C=O) groups is 3. The number of carboxylic acid groups (broad SMARTS) is 1. The highest BCUT2D eigenvalue weighted by Gasteiger charge is 2.39. The summed E-state index contributed by atoms with van der Waals surface area (Å²) >= 11 is 0. The van der Waals surface area contributed by atoms with Gasteiger partial charge in [0.2, 0.25) is 0 Å². The van der Waals surface area contributed by atoms with E-state index in [-0.39, 0.29) is 11.3 Å². The van der Waals surface area contributed by atoms with Gasteiger partial charge in [0, 0.05) is 6.42 Å². The van der Waals surface area contributed by atoms with Crippen LogP contribution in [0.2, 0.25) is 0 Å². The van der Waals surface area contributed by atoms with Crippen molar-refractivity contribution in [3.05, 3.63) is 35.9 Å². The minimum absolute atomic E-state index is 0.164. The van der Waals surface area contributed by atoms with Crippen molar-refractivity contribution < 1.29 is 39.9 Å². The largest absolute Gasteiger partial charge is 0.480 e. The van der Waals surface area contributed by atoms with E-state index in [9.17, 15) is 29.7 Å². The van der Waals surface area contributed by atoms with Crippen LogP contribution in [0.25, 0.3) is 0 Å². The zero-order valence-electron chi connectivity index (χ0n) is 12.6. The summed E-state index contributed by atoms with van der Waals surface area (Å²) in [5.74, 6) is -4.30. The molecule has 0 saturated heterocycles. The van der Waals surface area contributed by atoms with E-state index in [2.05, 4.69) is 0 Å². The van der Waals surface area contributed by atoms with Gasteiger partial charge in [0.1, 0.15) is 6.04 Å². The van der Waals surface area contributed by atoms with E-state index in [1.807, 2.05) is 0 Å². The number of aliphatic hydroxyl groups is 4. The molecular formula is C15H19NO8. The molecule has 0 aliphatic heterocycles. The maximum atomic E-state index is 12.1. The first-order valence-electron chi connectivity index (χ1n) is 7.05. The standard InChI is InChI=1S/C15H19NO8/c17-7-11(19)13(21)16(14(22)12(20)8-18)10(15(23)24)6-9-4-2-1-3-5-9/h1-5,10-12,17-20H,6-8H2,(H,23,24). The van der Waals surface area contributed by atoms with Gasteiger partial charge in [-0.3, -0.25) is 14.5 Å². The SMILES string of the molecule is O=C(O)C(Cc1ccccc1)N(C(=O)C(O)CO)C(=O)C(O)CO. The van der Waals surface area contributed by atoms with Crippen molar-refractivity contribution in [1.29, 1.82) is 0 Å². The van der Waals surface area contributed by atoms with Gasteiger partial charge in [-0.15, -0.1) is 0 Å². The third-order valence-electron chi connectivity index (χ3n) is 3.26. The number of benzene rings is 1. The van der Waals surface area contributed by atoms with Crippen molar-refractivity contribution >= 4 is 17.8 Å². The summed E-state index contributed by atoms with van der Waals surface area (Å²) in [4.78, 5) is 35.9. The highest BCUT2D eigenvalue weighted by atomic mass is 16.4. The molecule has 5 N–H and O–H groups in total. The Bertz CT molecular complexity index is 554. The maximum Gasteiger partial charge on any atom is 0.327 e. The molecule has 132 valence electrons. The highest BCUT2D eigenvalue weighted by Crippen LogP contribution is 2.13. The average molecular weight is 341 g/mol. The summed E-state index contributed by atoms with van der Waals surface area (Å²) in [6.45, 7) is -2.06. The molecule has 9 nitrogen and oxygen atoms in total. The molecule has 0 saturated carbocycles. The minimum Gasteiger partial charge on any atom is -0.480 e. The third-order valence-corrected chi connectivity index (χ3v) is 3.26. The molecule has 2 amide bonds. The number of nitrogens with zero attached hydrogens (tertiary/aromatic N) is 1. The number of carboxylic acids is 1. The zero-order valence-corrected chi connectivity index (χ0v) is 12.6. The lowest BCUT2D eigenvalue weighted by Gasteiger charge is -2.30. The summed E-state index contributed by atoms with van der Waals surface area (Å²) in [6.07, 6.45) is -4.33. The molecule has 0 heterocycles. The molecule has 3 unspecified atom stereocenters. The number of hydrogen-bond donors (Lipinski definition) is 5. The number of carbonyl (C=O) groups excluding carboxylic acids is 2. The Hall–Kier alpha value is -2.33. The van der Waals surface area contributed by atoms with E-state index in [1.54, 1.807) is 30.3 Å². The van der Waals surface area contributed by atoms with Gasteiger partial charge in [0.25, 0.3) is 11.8 Å². The molecule has 0 spiro atoms. The van der Waals surface area contributed by atoms with Crippen molar-refractivity contribution in [1.82, 2.24) is 4.90 Å². The van der Waals surface area contributed by atoms with Gasteiger partial charge < -0.3 is 25.5 Å². The Labute approximate surface area is 137 Å². The van der Waals surface area contributed by atoms with Gasteiger partial charge in [0.15, 0.2) is 12.2 Å². The highest BCUT2D eigenvalue weighted by molar-refractivity contribution is 6.02. The second kappa shape index (κ2) is 9.08. The first-order valence-corrected chi connectivity index (χ1v) is 7.05. The molecule has 1 aromatic carbocycles. The van der Waals surface area contributed by atoms with Gasteiger partial charge in [0.05, 0.1) is 13.2 Å². The lowest BCUT2D eigenvalue weighted by Crippen LogP contribution is -2.57. The second-order valence-corrected chi connectivity index (χ2v) is 4.99. The normalized spacial score (nSPS) is 14.5. The minimum atomic E-state index is -2.03. The molecule has 24 heavy (non-hydrogen) atoms. The van der Waals surface area contributed by atoms with Crippen LogP contribution < -0.4 is 0 Å². The van der Waals surface area contributed by atoms with E-state index in [0.29, 0.717) is 5.56 Å². The fourth-order valence-electron chi connectivity index (χ4n) is 2.02. The lowest BCUT2D eigenvalue weighted by atomic mass is 10.0. The van der Waals surface area contributed by atoms with Gasteiger partial charge in [-0.05, 0) is 5.56 Å². The van der Waals surface area contributed by atoms with Gasteiger partial charge >= 0.3 is 5.97 Å².